The van der Waals surface area contributed by atoms with Crippen molar-refractivity contribution in [3.63, 3.8) is 0 Å². The number of aromatic nitrogens is 2. The van der Waals surface area contributed by atoms with Gasteiger partial charge in [-0.25, -0.2) is 8.78 Å². The van der Waals surface area contributed by atoms with Crippen LogP contribution in [0.15, 0.2) is 42.5 Å². The fraction of sp³-hybridized carbons (Fsp3) is 0.0667. The summed E-state index contributed by atoms with van der Waals surface area (Å²) >= 11 is 0. The first-order chi connectivity index (χ1) is 10.1. The summed E-state index contributed by atoms with van der Waals surface area (Å²) in [6.07, 6.45) is 0. The average Bonchev–Trinajstić information content (AvgIpc) is 2.80. The molecule has 1 N–H and O–H groups in total. The van der Waals surface area contributed by atoms with Gasteiger partial charge in [0.1, 0.15) is 11.6 Å². The van der Waals surface area contributed by atoms with Crippen LogP contribution in [0.5, 0.6) is 0 Å². The van der Waals surface area contributed by atoms with Gasteiger partial charge in [0.15, 0.2) is 5.69 Å². The average molecular weight is 287 g/mol. The number of para-hydroxylation sites is 1. The minimum atomic E-state index is -0.830. The predicted octanol–water partition coefficient (Wildman–Crippen LogP) is 3.10. The fourth-order valence-electron chi connectivity index (χ4n) is 2.15. The molecule has 6 heteroatoms. The molecule has 106 valence electrons. The molecule has 0 aliphatic rings. The molecule has 0 radical (unpaired) electrons. The van der Waals surface area contributed by atoms with Crippen molar-refractivity contribution in [2.75, 3.05) is 5.32 Å². The second kappa shape index (κ2) is 4.97. The lowest BCUT2D eigenvalue weighted by Crippen LogP contribution is -2.14. The number of hydrogen-bond donors (Lipinski definition) is 1. The Hall–Kier alpha value is -2.76. The number of aryl methyl sites for hydroxylation is 1. The lowest BCUT2D eigenvalue weighted by atomic mass is 10.2. The zero-order chi connectivity index (χ0) is 15.0. The normalized spacial score (nSPS) is 10.8. The van der Waals surface area contributed by atoms with Crippen molar-refractivity contribution in [3.8, 4) is 0 Å². The summed E-state index contributed by atoms with van der Waals surface area (Å²) < 4.78 is 28.0. The van der Waals surface area contributed by atoms with Gasteiger partial charge < -0.3 is 5.32 Å². The zero-order valence-electron chi connectivity index (χ0n) is 11.1. The maximum atomic E-state index is 13.6. The summed E-state index contributed by atoms with van der Waals surface area (Å²) in [5, 5.41) is 7.21. The predicted molar refractivity (Wildman–Crippen MR) is 75.0 cm³/mol. The van der Waals surface area contributed by atoms with E-state index in [1.165, 1.54) is 6.07 Å². The largest absolute Gasteiger partial charge is 0.318 e. The summed E-state index contributed by atoms with van der Waals surface area (Å²) in [5.41, 5.74) is 0.898. The van der Waals surface area contributed by atoms with E-state index < -0.39 is 17.5 Å². The van der Waals surface area contributed by atoms with Gasteiger partial charge in [0.05, 0.1) is 11.2 Å². The van der Waals surface area contributed by atoms with Gasteiger partial charge in [0.25, 0.3) is 5.91 Å². The Bertz CT molecular complexity index is 842. The molecule has 0 unspecified atom stereocenters. The molecule has 4 nitrogen and oxygen atoms in total. The Kier molecular flexibility index (Phi) is 3.13. The highest BCUT2D eigenvalue weighted by atomic mass is 19.1. The van der Waals surface area contributed by atoms with Gasteiger partial charge in [-0.1, -0.05) is 18.2 Å². The number of carbonyl (C=O) groups excluding carboxylic acids is 1. The maximum absolute atomic E-state index is 13.6. The van der Waals surface area contributed by atoms with Crippen LogP contribution in [0, 0.1) is 11.6 Å². The lowest BCUT2D eigenvalue weighted by Gasteiger charge is -2.04. The molecule has 0 spiro atoms. The first kappa shape index (κ1) is 13.2. The summed E-state index contributed by atoms with van der Waals surface area (Å²) in [5.74, 6) is -2.07. The molecule has 1 amide bonds. The Morgan fingerprint density at radius 3 is 2.71 bits per heavy atom. The van der Waals surface area contributed by atoms with Crippen molar-refractivity contribution in [1.82, 2.24) is 9.78 Å². The second-order valence-electron chi connectivity index (χ2n) is 4.57. The quantitative estimate of drug-likeness (QED) is 0.787. The molecule has 21 heavy (non-hydrogen) atoms. The molecule has 3 rings (SSSR count). The molecule has 0 saturated carbocycles. The third-order valence-corrected chi connectivity index (χ3v) is 3.15. The minimum absolute atomic E-state index is 0.0869. The number of nitrogens with one attached hydrogen (secondary N) is 1. The SMILES string of the molecule is Cn1nc(C(=O)Nc2ccc(F)cc2F)c2ccccc21. The van der Waals surface area contributed by atoms with Crippen LogP contribution in [0.25, 0.3) is 10.9 Å². The number of rotatable bonds is 2. The number of benzene rings is 2. The van der Waals surface area contributed by atoms with Crippen molar-refractivity contribution >= 4 is 22.5 Å². The lowest BCUT2D eigenvalue weighted by molar-refractivity contribution is 0.102. The van der Waals surface area contributed by atoms with Crippen LogP contribution in [0.4, 0.5) is 14.5 Å². The van der Waals surface area contributed by atoms with Crippen LogP contribution < -0.4 is 5.32 Å². The number of amides is 1. The van der Waals surface area contributed by atoms with Gasteiger partial charge in [0.2, 0.25) is 0 Å². The Labute approximate surface area is 119 Å². The smallest absolute Gasteiger partial charge is 0.276 e. The van der Waals surface area contributed by atoms with E-state index in [1.807, 2.05) is 12.1 Å². The van der Waals surface area contributed by atoms with Crippen LogP contribution in [0.2, 0.25) is 0 Å². The molecule has 3 aromatic rings. The van der Waals surface area contributed by atoms with Crippen molar-refractivity contribution in [2.45, 2.75) is 0 Å². The molecule has 2 aromatic carbocycles. The molecule has 0 bridgehead atoms. The Balaban J connectivity index is 1.98. The number of nitrogens with zero attached hydrogens (tertiary/aromatic N) is 2. The van der Waals surface area contributed by atoms with E-state index in [4.69, 9.17) is 0 Å². The molecule has 0 aliphatic carbocycles. The number of hydrogen-bond acceptors (Lipinski definition) is 2. The summed E-state index contributed by atoms with van der Waals surface area (Å²) in [6, 6.07) is 10.2. The highest BCUT2D eigenvalue weighted by molar-refractivity contribution is 6.11. The van der Waals surface area contributed by atoms with Crippen molar-refractivity contribution < 1.29 is 13.6 Å². The molecule has 0 atom stereocenters. The highest BCUT2D eigenvalue weighted by Crippen LogP contribution is 2.20. The minimum Gasteiger partial charge on any atom is -0.318 e. The van der Waals surface area contributed by atoms with Crippen molar-refractivity contribution in [3.05, 3.63) is 59.8 Å². The third-order valence-electron chi connectivity index (χ3n) is 3.15. The van der Waals surface area contributed by atoms with Gasteiger partial charge >= 0.3 is 0 Å². The first-order valence-electron chi connectivity index (χ1n) is 6.24. The molecular formula is C15H11F2N3O. The van der Waals surface area contributed by atoms with Gasteiger partial charge in [-0.05, 0) is 18.2 Å². The molecule has 0 fully saturated rings. The summed E-state index contributed by atoms with van der Waals surface area (Å²) in [6.45, 7) is 0. The molecule has 0 saturated heterocycles. The summed E-state index contributed by atoms with van der Waals surface area (Å²) in [7, 11) is 1.72. The van der Waals surface area contributed by atoms with Crippen LogP contribution in [-0.4, -0.2) is 15.7 Å². The standard InChI is InChI=1S/C15H11F2N3O/c1-20-13-5-3-2-4-10(13)14(19-20)15(21)18-12-7-6-9(16)8-11(12)17/h2-8H,1H3,(H,18,21). The van der Waals surface area contributed by atoms with E-state index in [1.54, 1.807) is 23.9 Å². The van der Waals surface area contributed by atoms with Crippen LogP contribution in [0.1, 0.15) is 10.5 Å². The van der Waals surface area contributed by atoms with Gasteiger partial charge in [-0.15, -0.1) is 0 Å². The van der Waals surface area contributed by atoms with Crippen molar-refractivity contribution in [1.29, 1.82) is 0 Å². The first-order valence-corrected chi connectivity index (χ1v) is 6.24. The van der Waals surface area contributed by atoms with E-state index in [9.17, 15) is 13.6 Å². The third kappa shape index (κ3) is 2.35. The van der Waals surface area contributed by atoms with E-state index in [2.05, 4.69) is 10.4 Å². The van der Waals surface area contributed by atoms with Gasteiger partial charge in [-0.3, -0.25) is 9.48 Å². The Morgan fingerprint density at radius 1 is 1.19 bits per heavy atom. The molecule has 1 heterocycles. The highest BCUT2D eigenvalue weighted by Gasteiger charge is 2.17. The number of anilines is 1. The molecule has 0 aliphatic heterocycles. The fourth-order valence-corrected chi connectivity index (χ4v) is 2.15. The van der Waals surface area contributed by atoms with E-state index >= 15 is 0 Å². The monoisotopic (exact) mass is 287 g/mol. The number of halogens is 2. The van der Waals surface area contributed by atoms with E-state index in [-0.39, 0.29) is 11.4 Å². The molecular weight excluding hydrogens is 276 g/mol. The van der Waals surface area contributed by atoms with Crippen molar-refractivity contribution in [2.24, 2.45) is 7.05 Å². The van der Waals surface area contributed by atoms with Crippen LogP contribution >= 0.6 is 0 Å². The topological polar surface area (TPSA) is 46.9 Å². The molecule has 1 aromatic heterocycles. The Morgan fingerprint density at radius 2 is 1.95 bits per heavy atom. The second-order valence-corrected chi connectivity index (χ2v) is 4.57. The maximum Gasteiger partial charge on any atom is 0.276 e. The van der Waals surface area contributed by atoms with E-state index in [0.717, 1.165) is 11.6 Å². The zero-order valence-corrected chi connectivity index (χ0v) is 11.1. The van der Waals surface area contributed by atoms with Crippen LogP contribution in [0.3, 0.4) is 0 Å². The number of fused-ring (bicyclic) bond motifs is 1. The van der Waals surface area contributed by atoms with Crippen LogP contribution in [-0.2, 0) is 7.05 Å². The van der Waals surface area contributed by atoms with E-state index in [0.29, 0.717) is 11.5 Å². The van der Waals surface area contributed by atoms with Gasteiger partial charge in [0, 0.05) is 18.5 Å². The summed E-state index contributed by atoms with van der Waals surface area (Å²) in [4.78, 5) is 12.2. The van der Waals surface area contributed by atoms with Gasteiger partial charge in [-0.2, -0.15) is 5.10 Å². The number of carbonyl (C=O) groups is 1.